The maximum absolute atomic E-state index is 12.7. The molecule has 168 valence electrons. The van der Waals surface area contributed by atoms with Crippen LogP contribution >= 0.6 is 0 Å². The van der Waals surface area contributed by atoms with E-state index in [9.17, 15) is 13.2 Å². The smallest absolute Gasteiger partial charge is 0.275 e. The zero-order valence-corrected chi connectivity index (χ0v) is 18.4. The van der Waals surface area contributed by atoms with Gasteiger partial charge < -0.3 is 14.8 Å². The molecular formula is C22H24N4O5S. The van der Waals surface area contributed by atoms with E-state index in [1.54, 1.807) is 35.1 Å². The van der Waals surface area contributed by atoms with Crippen molar-refractivity contribution in [2.75, 3.05) is 33.4 Å². The molecule has 1 aliphatic heterocycles. The lowest BCUT2D eigenvalue weighted by Gasteiger charge is -2.26. The first-order valence-electron chi connectivity index (χ1n) is 10.1. The Morgan fingerprint density at radius 1 is 1.09 bits per heavy atom. The monoisotopic (exact) mass is 456 g/mol. The fourth-order valence-electron chi connectivity index (χ4n) is 3.36. The summed E-state index contributed by atoms with van der Waals surface area (Å²) in [6.45, 7) is 1.70. The van der Waals surface area contributed by atoms with Crippen LogP contribution in [0.2, 0.25) is 0 Å². The van der Waals surface area contributed by atoms with Gasteiger partial charge in [0.25, 0.3) is 5.91 Å². The Kier molecular flexibility index (Phi) is 6.54. The van der Waals surface area contributed by atoms with Crippen molar-refractivity contribution in [3.05, 3.63) is 72.1 Å². The third-order valence-electron chi connectivity index (χ3n) is 5.12. The Hall–Kier alpha value is -3.21. The molecule has 2 aromatic carbocycles. The van der Waals surface area contributed by atoms with Crippen molar-refractivity contribution in [3.63, 3.8) is 0 Å². The van der Waals surface area contributed by atoms with Gasteiger partial charge in [0.05, 0.1) is 37.1 Å². The van der Waals surface area contributed by atoms with Gasteiger partial charge in [0.2, 0.25) is 10.0 Å². The van der Waals surface area contributed by atoms with Crippen LogP contribution in [-0.4, -0.2) is 61.8 Å². The second kappa shape index (κ2) is 9.51. The van der Waals surface area contributed by atoms with Crippen molar-refractivity contribution < 1.29 is 22.7 Å². The number of morpholine rings is 1. The van der Waals surface area contributed by atoms with Gasteiger partial charge in [0.15, 0.2) is 11.4 Å². The summed E-state index contributed by atoms with van der Waals surface area (Å²) in [5.41, 5.74) is 1.74. The molecule has 32 heavy (non-hydrogen) atoms. The van der Waals surface area contributed by atoms with Crippen molar-refractivity contribution in [2.24, 2.45) is 0 Å². The third kappa shape index (κ3) is 4.67. The first kappa shape index (κ1) is 22.0. The van der Waals surface area contributed by atoms with E-state index in [1.165, 1.54) is 11.4 Å². The fourth-order valence-corrected chi connectivity index (χ4v) is 4.77. The maximum Gasteiger partial charge on any atom is 0.275 e. The highest BCUT2D eigenvalue weighted by atomic mass is 32.2. The van der Waals surface area contributed by atoms with Crippen LogP contribution in [-0.2, 0) is 21.3 Å². The van der Waals surface area contributed by atoms with E-state index in [0.717, 1.165) is 11.3 Å². The highest BCUT2D eigenvalue weighted by Gasteiger charge is 2.26. The third-order valence-corrected chi connectivity index (χ3v) is 7.03. The van der Waals surface area contributed by atoms with Crippen molar-refractivity contribution in [2.45, 2.75) is 11.4 Å². The van der Waals surface area contributed by atoms with Gasteiger partial charge in [-0.15, -0.1) is 0 Å². The summed E-state index contributed by atoms with van der Waals surface area (Å²) in [5.74, 6) is -0.0279. The molecule has 1 N–H and O–H groups in total. The Labute approximate surface area is 186 Å². The molecule has 1 fully saturated rings. The van der Waals surface area contributed by atoms with Gasteiger partial charge >= 0.3 is 0 Å². The second-order valence-corrected chi connectivity index (χ2v) is 9.11. The fraction of sp³-hybridized carbons (Fsp3) is 0.273. The second-order valence-electron chi connectivity index (χ2n) is 7.17. The zero-order valence-electron chi connectivity index (χ0n) is 17.6. The quantitative estimate of drug-likeness (QED) is 0.582. The van der Waals surface area contributed by atoms with E-state index in [0.29, 0.717) is 32.1 Å². The number of amides is 1. The molecule has 0 radical (unpaired) electrons. The van der Waals surface area contributed by atoms with E-state index in [-0.39, 0.29) is 23.0 Å². The molecule has 4 rings (SSSR count). The molecule has 0 saturated carbocycles. The number of sulfonamides is 1. The van der Waals surface area contributed by atoms with Crippen LogP contribution in [0, 0.1) is 0 Å². The van der Waals surface area contributed by atoms with Gasteiger partial charge in [-0.2, -0.15) is 9.40 Å². The summed E-state index contributed by atoms with van der Waals surface area (Å²) < 4.78 is 39.0. The van der Waals surface area contributed by atoms with Gasteiger partial charge in [0, 0.05) is 19.6 Å². The highest BCUT2D eigenvalue weighted by Crippen LogP contribution is 2.20. The van der Waals surface area contributed by atoms with Gasteiger partial charge in [-0.1, -0.05) is 30.3 Å². The van der Waals surface area contributed by atoms with Crippen LogP contribution in [0.1, 0.15) is 16.1 Å². The topological polar surface area (TPSA) is 103 Å². The van der Waals surface area contributed by atoms with Crippen molar-refractivity contribution in [1.29, 1.82) is 0 Å². The number of methoxy groups -OCH3 is 1. The van der Waals surface area contributed by atoms with E-state index in [4.69, 9.17) is 9.47 Å². The van der Waals surface area contributed by atoms with Crippen LogP contribution in [0.5, 0.6) is 5.75 Å². The SMILES string of the molecule is COc1cn(-c2ccccc2)nc1C(=O)NCc1ccc(S(=O)(=O)N2CCOCC2)cc1. The summed E-state index contributed by atoms with van der Waals surface area (Å²) in [6, 6.07) is 15.9. The molecule has 0 spiro atoms. The van der Waals surface area contributed by atoms with Gasteiger partial charge in [-0.3, -0.25) is 4.79 Å². The lowest BCUT2D eigenvalue weighted by Crippen LogP contribution is -2.40. The average Bonchev–Trinajstić information content (AvgIpc) is 3.29. The summed E-state index contributed by atoms with van der Waals surface area (Å²) in [6.07, 6.45) is 1.65. The standard InChI is InChI=1S/C22H24N4O5S/c1-30-20-16-26(18-5-3-2-4-6-18)24-21(20)22(27)23-15-17-7-9-19(10-8-17)32(28,29)25-11-13-31-14-12-25/h2-10,16H,11-15H2,1H3,(H,23,27). The number of hydrogen-bond donors (Lipinski definition) is 1. The first-order valence-corrected chi connectivity index (χ1v) is 11.6. The Morgan fingerprint density at radius 3 is 2.44 bits per heavy atom. The summed E-state index contributed by atoms with van der Waals surface area (Å²) >= 11 is 0. The molecular weight excluding hydrogens is 432 g/mol. The van der Waals surface area contributed by atoms with Crippen LogP contribution in [0.4, 0.5) is 0 Å². The number of nitrogens with zero attached hydrogens (tertiary/aromatic N) is 3. The van der Waals surface area contributed by atoms with Crippen LogP contribution in [0.15, 0.2) is 65.7 Å². The molecule has 0 aliphatic carbocycles. The van der Waals surface area contributed by atoms with Crippen molar-refractivity contribution >= 4 is 15.9 Å². The molecule has 10 heteroatoms. The minimum absolute atomic E-state index is 0.169. The molecule has 3 aromatic rings. The number of ether oxygens (including phenoxy) is 2. The number of carbonyl (C=O) groups is 1. The minimum atomic E-state index is -3.55. The lowest BCUT2D eigenvalue weighted by atomic mass is 10.2. The Morgan fingerprint density at radius 2 is 1.78 bits per heavy atom. The molecule has 9 nitrogen and oxygen atoms in total. The number of para-hydroxylation sites is 1. The largest absolute Gasteiger partial charge is 0.493 e. The lowest BCUT2D eigenvalue weighted by molar-refractivity contribution is 0.0730. The minimum Gasteiger partial charge on any atom is -0.493 e. The number of carbonyl (C=O) groups excluding carboxylic acids is 1. The number of rotatable bonds is 7. The number of nitrogens with one attached hydrogen (secondary N) is 1. The predicted octanol–water partition coefficient (Wildman–Crippen LogP) is 1.83. The molecule has 0 unspecified atom stereocenters. The van der Waals surface area contributed by atoms with E-state index in [2.05, 4.69) is 10.4 Å². The van der Waals surface area contributed by atoms with Crippen molar-refractivity contribution in [3.8, 4) is 11.4 Å². The molecule has 1 saturated heterocycles. The first-order chi connectivity index (χ1) is 15.5. The summed E-state index contributed by atoms with van der Waals surface area (Å²) in [5, 5.41) is 7.15. The Bertz CT molecular complexity index is 1170. The molecule has 1 aromatic heterocycles. The average molecular weight is 457 g/mol. The van der Waals surface area contributed by atoms with E-state index >= 15 is 0 Å². The van der Waals surface area contributed by atoms with E-state index < -0.39 is 10.0 Å². The van der Waals surface area contributed by atoms with Crippen LogP contribution in [0.25, 0.3) is 5.69 Å². The number of benzene rings is 2. The molecule has 0 bridgehead atoms. The summed E-state index contributed by atoms with van der Waals surface area (Å²) in [7, 11) is -2.07. The zero-order chi connectivity index (χ0) is 22.6. The van der Waals surface area contributed by atoms with Gasteiger partial charge in [0.1, 0.15) is 0 Å². The van der Waals surface area contributed by atoms with E-state index in [1.807, 2.05) is 30.3 Å². The maximum atomic E-state index is 12.7. The Balaban J connectivity index is 1.43. The highest BCUT2D eigenvalue weighted by molar-refractivity contribution is 7.89. The molecule has 1 amide bonds. The number of aromatic nitrogens is 2. The predicted molar refractivity (Wildman–Crippen MR) is 117 cm³/mol. The molecule has 1 aliphatic rings. The summed E-state index contributed by atoms with van der Waals surface area (Å²) in [4.78, 5) is 12.9. The van der Waals surface area contributed by atoms with Crippen LogP contribution in [0.3, 0.4) is 0 Å². The van der Waals surface area contributed by atoms with Crippen molar-refractivity contribution in [1.82, 2.24) is 19.4 Å². The molecule has 0 atom stereocenters. The normalized spacial score (nSPS) is 14.8. The number of hydrogen-bond acceptors (Lipinski definition) is 6. The molecule has 2 heterocycles. The van der Waals surface area contributed by atoms with Gasteiger partial charge in [-0.05, 0) is 29.8 Å². The van der Waals surface area contributed by atoms with Gasteiger partial charge in [-0.25, -0.2) is 13.1 Å². The van der Waals surface area contributed by atoms with Crippen LogP contribution < -0.4 is 10.1 Å².